The molecule has 0 saturated heterocycles. The van der Waals surface area contributed by atoms with Crippen molar-refractivity contribution in [3.63, 3.8) is 0 Å². The number of hydrogen-bond acceptors (Lipinski definition) is 3. The second kappa shape index (κ2) is 6.81. The Labute approximate surface area is 134 Å². The summed E-state index contributed by atoms with van der Waals surface area (Å²) in [6.07, 6.45) is 1.05. The lowest BCUT2D eigenvalue weighted by Gasteiger charge is -2.08. The molecule has 0 fully saturated rings. The van der Waals surface area contributed by atoms with Crippen LogP contribution in [0.4, 0.5) is 5.69 Å². The largest absolute Gasteiger partial charge is 0.348 e. The molecule has 0 radical (unpaired) electrons. The van der Waals surface area contributed by atoms with Gasteiger partial charge in [-0.1, -0.05) is 29.8 Å². The lowest BCUT2D eigenvalue weighted by molar-refractivity contribution is 0.0951. The van der Waals surface area contributed by atoms with Gasteiger partial charge in [-0.15, -0.1) is 0 Å². The zero-order valence-corrected chi connectivity index (χ0v) is 13.4. The van der Waals surface area contributed by atoms with Gasteiger partial charge in [0, 0.05) is 22.8 Å². The third-order valence-corrected chi connectivity index (χ3v) is 3.61. The highest BCUT2D eigenvalue weighted by Gasteiger charge is 2.08. The van der Waals surface area contributed by atoms with E-state index in [0.29, 0.717) is 22.8 Å². The molecule has 0 aliphatic heterocycles. The summed E-state index contributed by atoms with van der Waals surface area (Å²) in [4.78, 5) is 12.1. The minimum atomic E-state index is -3.38. The van der Waals surface area contributed by atoms with Gasteiger partial charge in [-0.05, 0) is 35.9 Å². The summed E-state index contributed by atoms with van der Waals surface area (Å²) in [5.41, 5.74) is 1.60. The Balaban J connectivity index is 2.05. The van der Waals surface area contributed by atoms with Gasteiger partial charge in [-0.2, -0.15) is 0 Å². The molecule has 2 aromatic rings. The standard InChI is InChI=1S/C15H15ClN2O3S/c1-22(20,21)18-14-7-3-5-12(9-14)15(19)17-10-11-4-2-6-13(16)8-11/h2-9,18H,10H2,1H3,(H,17,19). The minimum Gasteiger partial charge on any atom is -0.348 e. The molecule has 0 aromatic heterocycles. The first-order valence-electron chi connectivity index (χ1n) is 6.44. The zero-order chi connectivity index (χ0) is 16.2. The van der Waals surface area contributed by atoms with E-state index in [2.05, 4.69) is 10.0 Å². The molecule has 0 heterocycles. The van der Waals surface area contributed by atoms with Crippen molar-refractivity contribution >= 4 is 33.2 Å². The number of anilines is 1. The Morgan fingerprint density at radius 1 is 1.14 bits per heavy atom. The number of hydrogen-bond donors (Lipinski definition) is 2. The van der Waals surface area contributed by atoms with Gasteiger partial charge >= 0.3 is 0 Å². The summed E-state index contributed by atoms with van der Waals surface area (Å²) in [5, 5.41) is 3.36. The summed E-state index contributed by atoms with van der Waals surface area (Å²) in [6.45, 7) is 0.336. The van der Waals surface area contributed by atoms with Gasteiger partial charge in [0.1, 0.15) is 0 Å². The Hall–Kier alpha value is -2.05. The van der Waals surface area contributed by atoms with Gasteiger partial charge in [0.2, 0.25) is 10.0 Å². The summed E-state index contributed by atoms with van der Waals surface area (Å²) >= 11 is 5.88. The van der Waals surface area contributed by atoms with E-state index in [1.54, 1.807) is 36.4 Å². The molecule has 5 nitrogen and oxygen atoms in total. The first kappa shape index (κ1) is 16.3. The van der Waals surface area contributed by atoms with E-state index in [9.17, 15) is 13.2 Å². The molecule has 2 rings (SSSR count). The Bertz CT molecular complexity index is 791. The maximum absolute atomic E-state index is 12.1. The van der Waals surface area contributed by atoms with Crippen LogP contribution in [0.5, 0.6) is 0 Å². The average molecular weight is 339 g/mol. The van der Waals surface area contributed by atoms with Crippen LogP contribution in [-0.4, -0.2) is 20.6 Å². The van der Waals surface area contributed by atoms with Crippen molar-refractivity contribution in [1.29, 1.82) is 0 Å². The monoisotopic (exact) mass is 338 g/mol. The molecule has 0 aliphatic rings. The van der Waals surface area contributed by atoms with Crippen molar-refractivity contribution < 1.29 is 13.2 Å². The summed E-state index contributed by atoms with van der Waals surface area (Å²) in [5.74, 6) is -0.294. The SMILES string of the molecule is CS(=O)(=O)Nc1cccc(C(=O)NCc2cccc(Cl)c2)c1. The predicted octanol–water partition coefficient (Wildman–Crippen LogP) is 2.64. The number of halogens is 1. The molecule has 7 heteroatoms. The van der Waals surface area contributed by atoms with E-state index >= 15 is 0 Å². The molecule has 2 aromatic carbocycles. The lowest BCUT2D eigenvalue weighted by atomic mass is 10.2. The highest BCUT2D eigenvalue weighted by Crippen LogP contribution is 2.13. The van der Waals surface area contributed by atoms with Crippen LogP contribution in [0.3, 0.4) is 0 Å². The molecule has 116 valence electrons. The fraction of sp³-hybridized carbons (Fsp3) is 0.133. The van der Waals surface area contributed by atoms with Crippen LogP contribution >= 0.6 is 11.6 Å². The van der Waals surface area contributed by atoms with E-state index in [1.165, 1.54) is 6.07 Å². The van der Waals surface area contributed by atoms with E-state index in [0.717, 1.165) is 11.8 Å². The Morgan fingerprint density at radius 3 is 2.55 bits per heavy atom. The number of amides is 1. The van der Waals surface area contributed by atoms with E-state index in [4.69, 9.17) is 11.6 Å². The third kappa shape index (κ3) is 5.05. The molecule has 0 bridgehead atoms. The number of sulfonamides is 1. The highest BCUT2D eigenvalue weighted by molar-refractivity contribution is 7.92. The van der Waals surface area contributed by atoms with Gasteiger partial charge in [0.15, 0.2) is 0 Å². The van der Waals surface area contributed by atoms with Crippen LogP contribution in [0, 0.1) is 0 Å². The van der Waals surface area contributed by atoms with Gasteiger partial charge in [0.05, 0.1) is 6.26 Å². The second-order valence-electron chi connectivity index (χ2n) is 4.77. The van der Waals surface area contributed by atoms with Crippen molar-refractivity contribution in [3.05, 3.63) is 64.7 Å². The molecule has 2 N–H and O–H groups in total. The van der Waals surface area contributed by atoms with Crippen molar-refractivity contribution in [2.75, 3.05) is 11.0 Å². The molecule has 0 atom stereocenters. The van der Waals surface area contributed by atoms with Crippen molar-refractivity contribution in [2.45, 2.75) is 6.54 Å². The molecule has 1 amide bonds. The Morgan fingerprint density at radius 2 is 1.86 bits per heavy atom. The topological polar surface area (TPSA) is 75.3 Å². The number of rotatable bonds is 5. The minimum absolute atomic E-state index is 0.294. The fourth-order valence-electron chi connectivity index (χ4n) is 1.87. The van der Waals surface area contributed by atoms with Crippen molar-refractivity contribution in [2.24, 2.45) is 0 Å². The normalized spacial score (nSPS) is 11.0. The number of benzene rings is 2. The average Bonchev–Trinajstić information content (AvgIpc) is 2.43. The van der Waals surface area contributed by atoms with Gasteiger partial charge in [-0.25, -0.2) is 8.42 Å². The van der Waals surface area contributed by atoms with Crippen LogP contribution in [0.25, 0.3) is 0 Å². The van der Waals surface area contributed by atoms with Crippen molar-refractivity contribution in [1.82, 2.24) is 5.32 Å². The molecule has 0 spiro atoms. The second-order valence-corrected chi connectivity index (χ2v) is 6.95. The summed E-state index contributed by atoms with van der Waals surface area (Å²) < 4.78 is 24.7. The quantitative estimate of drug-likeness (QED) is 0.880. The summed E-state index contributed by atoms with van der Waals surface area (Å²) in [6, 6.07) is 13.5. The predicted molar refractivity (Wildman–Crippen MR) is 87.5 cm³/mol. The first-order chi connectivity index (χ1) is 10.3. The van der Waals surface area contributed by atoms with Crippen LogP contribution in [-0.2, 0) is 16.6 Å². The van der Waals surface area contributed by atoms with Crippen LogP contribution in [0.2, 0.25) is 5.02 Å². The molecule has 0 saturated carbocycles. The maximum Gasteiger partial charge on any atom is 0.251 e. The van der Waals surface area contributed by atoms with E-state index in [1.807, 2.05) is 6.07 Å². The zero-order valence-electron chi connectivity index (χ0n) is 11.8. The molecule has 0 aliphatic carbocycles. The summed E-state index contributed by atoms with van der Waals surface area (Å²) in [7, 11) is -3.38. The molecule has 0 unspecified atom stereocenters. The molecular formula is C15H15ClN2O3S. The highest BCUT2D eigenvalue weighted by atomic mass is 35.5. The van der Waals surface area contributed by atoms with Gasteiger partial charge < -0.3 is 5.32 Å². The smallest absolute Gasteiger partial charge is 0.251 e. The maximum atomic E-state index is 12.1. The van der Waals surface area contributed by atoms with Crippen LogP contribution in [0.1, 0.15) is 15.9 Å². The van der Waals surface area contributed by atoms with Gasteiger partial charge in [-0.3, -0.25) is 9.52 Å². The van der Waals surface area contributed by atoms with Crippen LogP contribution < -0.4 is 10.0 Å². The Kier molecular flexibility index (Phi) is 5.05. The fourth-order valence-corrected chi connectivity index (χ4v) is 2.64. The lowest BCUT2D eigenvalue weighted by Crippen LogP contribution is -2.23. The van der Waals surface area contributed by atoms with Crippen LogP contribution in [0.15, 0.2) is 48.5 Å². The molecule has 22 heavy (non-hydrogen) atoms. The van der Waals surface area contributed by atoms with E-state index < -0.39 is 10.0 Å². The third-order valence-electron chi connectivity index (χ3n) is 2.77. The molecular weight excluding hydrogens is 324 g/mol. The number of nitrogens with one attached hydrogen (secondary N) is 2. The number of carbonyl (C=O) groups is 1. The van der Waals surface area contributed by atoms with Crippen molar-refractivity contribution in [3.8, 4) is 0 Å². The van der Waals surface area contributed by atoms with Gasteiger partial charge in [0.25, 0.3) is 5.91 Å². The number of carbonyl (C=O) groups excluding carboxylic acids is 1. The van der Waals surface area contributed by atoms with E-state index in [-0.39, 0.29) is 5.91 Å². The first-order valence-corrected chi connectivity index (χ1v) is 8.71.